The fourth-order valence-electron chi connectivity index (χ4n) is 14.7. The van der Waals surface area contributed by atoms with Gasteiger partial charge in [0.25, 0.3) is 0 Å². The number of benzene rings is 13. The summed E-state index contributed by atoms with van der Waals surface area (Å²) >= 11 is 0. The van der Waals surface area contributed by atoms with Gasteiger partial charge in [-0.15, -0.1) is 0 Å². The summed E-state index contributed by atoms with van der Waals surface area (Å²) in [6.45, 7) is 30.0. The first-order chi connectivity index (χ1) is 49.4. The van der Waals surface area contributed by atoms with Crippen LogP contribution in [0.4, 0.5) is 13.2 Å². The Bertz CT molecular complexity index is 4690. The number of halogens is 3. The van der Waals surface area contributed by atoms with Crippen molar-refractivity contribution in [3.8, 4) is 22.3 Å². The van der Waals surface area contributed by atoms with Crippen LogP contribution in [0.25, 0.3) is 22.3 Å². The van der Waals surface area contributed by atoms with E-state index in [0.717, 1.165) is 17.7 Å². The van der Waals surface area contributed by atoms with Crippen LogP contribution < -0.4 is 0 Å². The standard InChI is InChI=1S/2C26H20.C11H14.C11H16.C10H14.C8H7F3.C8H10/c1-19-16-17-23-22-14-8-9-15-24(22)26(25(23)18-19,20-10-4-2-5-11-20)21-12-6-3-7-13-21;1-19-15-17-21(18-16-19)26(20-9-3-2-4-10-20)24-13-7-5-11-22(24)23-12-6-8-14-25(23)26;1-9-5-4-7-10-6-2-3-8-11(9)10;1-9-5-7-10(8-6-9)11(2,3)4;1-7-5-8(2)10(4)9(3)6-7;1-6-2-4-7(5-3-6)8(9,10)11;1-7-3-5-8(2)6-4-7/h2*2-18H,1H3;4-5,7H,2-3,6,8H2,1H3;5-8H,1-4H3;5-6H,1-4H3;2-5H,1H3;3-6H,1-2H3. The Balaban J connectivity index is 0.000000136. The van der Waals surface area contributed by atoms with Crippen LogP contribution in [0.1, 0.15) is 162 Å². The summed E-state index contributed by atoms with van der Waals surface area (Å²) in [4.78, 5) is 0. The zero-order valence-corrected chi connectivity index (χ0v) is 62.9. The Hall–Kier alpha value is -10.4. The van der Waals surface area contributed by atoms with Crippen molar-refractivity contribution in [1.29, 1.82) is 0 Å². The molecule has 0 saturated carbocycles. The first kappa shape index (κ1) is 75.3. The van der Waals surface area contributed by atoms with Gasteiger partial charge in [-0.2, -0.15) is 13.2 Å². The first-order valence-corrected chi connectivity index (χ1v) is 36.4. The Morgan fingerprint density at radius 3 is 0.990 bits per heavy atom. The largest absolute Gasteiger partial charge is 0.416 e. The van der Waals surface area contributed by atoms with Gasteiger partial charge in [0.05, 0.1) is 16.4 Å². The quantitative estimate of drug-likeness (QED) is 0.165. The molecule has 0 aromatic heterocycles. The molecule has 0 heterocycles. The Morgan fingerprint density at radius 1 is 0.262 bits per heavy atom. The molecule has 0 aliphatic heterocycles. The van der Waals surface area contributed by atoms with Crippen molar-refractivity contribution in [2.75, 3.05) is 0 Å². The van der Waals surface area contributed by atoms with Gasteiger partial charge in [0, 0.05) is 0 Å². The van der Waals surface area contributed by atoms with E-state index in [2.05, 4.69) is 375 Å². The van der Waals surface area contributed by atoms with Crippen LogP contribution in [0.2, 0.25) is 0 Å². The van der Waals surface area contributed by atoms with Gasteiger partial charge >= 0.3 is 6.18 Å². The predicted octanol–water partition coefficient (Wildman–Crippen LogP) is 27.1. The number of alkyl halides is 3. The number of fused-ring (bicyclic) bond motifs is 7. The lowest BCUT2D eigenvalue weighted by molar-refractivity contribution is -0.137. The number of hydrogen-bond donors (Lipinski definition) is 0. The second kappa shape index (κ2) is 33.6. The summed E-state index contributed by atoms with van der Waals surface area (Å²) in [7, 11) is 0. The van der Waals surface area contributed by atoms with Gasteiger partial charge in [-0.3, -0.25) is 0 Å². The van der Waals surface area contributed by atoms with Gasteiger partial charge in [-0.1, -0.05) is 357 Å². The molecule has 0 saturated heterocycles. The molecule has 16 rings (SSSR count). The van der Waals surface area contributed by atoms with Crippen LogP contribution in [-0.2, 0) is 35.3 Å². The van der Waals surface area contributed by atoms with E-state index in [1.165, 1.54) is 166 Å². The van der Waals surface area contributed by atoms with Gasteiger partial charge in [-0.05, 0) is 225 Å². The molecular formula is C100H101F3. The molecule has 3 aliphatic carbocycles. The van der Waals surface area contributed by atoms with Gasteiger partial charge < -0.3 is 0 Å². The Labute approximate surface area is 614 Å². The molecule has 522 valence electrons. The highest BCUT2D eigenvalue weighted by atomic mass is 19.4. The maximum atomic E-state index is 11.9. The topological polar surface area (TPSA) is 0 Å². The summed E-state index contributed by atoms with van der Waals surface area (Å²) < 4.78 is 35.8. The summed E-state index contributed by atoms with van der Waals surface area (Å²) in [6, 6.07) is 109. The van der Waals surface area contributed by atoms with Crippen molar-refractivity contribution in [1.82, 2.24) is 0 Å². The summed E-state index contributed by atoms with van der Waals surface area (Å²) in [5, 5.41) is 0. The lowest BCUT2D eigenvalue weighted by Gasteiger charge is -2.34. The van der Waals surface area contributed by atoms with Crippen molar-refractivity contribution < 1.29 is 13.2 Å². The predicted molar refractivity (Wildman–Crippen MR) is 432 cm³/mol. The number of aryl methyl sites for hydroxylation is 11. The number of rotatable bonds is 4. The summed E-state index contributed by atoms with van der Waals surface area (Å²) in [6.07, 6.45) is 1.17. The zero-order chi connectivity index (χ0) is 73.5. The van der Waals surface area contributed by atoms with Gasteiger partial charge in [0.1, 0.15) is 0 Å². The minimum atomic E-state index is -4.21. The van der Waals surface area contributed by atoms with Gasteiger partial charge in [0.15, 0.2) is 0 Å². The third-order valence-corrected chi connectivity index (χ3v) is 20.5. The Kier molecular flexibility index (Phi) is 24.6. The SMILES string of the molecule is Cc1cc(C)c(C)c(C)c1.Cc1ccc(C(C)(C)C)cc1.Cc1ccc(C(F)(F)F)cc1.Cc1ccc(C)cc1.Cc1ccc(C2(c3ccccc3)c3ccccc3-c3ccccc32)cc1.Cc1ccc2c(c1)C(c1ccccc1)(c1ccccc1)c1ccccc1-2.Cc1cccc2c1CCCC2. The molecule has 0 nitrogen and oxygen atoms in total. The molecule has 0 atom stereocenters. The zero-order valence-electron chi connectivity index (χ0n) is 62.9. The fourth-order valence-corrected chi connectivity index (χ4v) is 14.7. The minimum absolute atomic E-state index is 0.262. The van der Waals surface area contributed by atoms with E-state index in [4.69, 9.17) is 0 Å². The molecule has 0 unspecified atom stereocenters. The van der Waals surface area contributed by atoms with Crippen molar-refractivity contribution in [2.24, 2.45) is 0 Å². The second-order valence-electron chi connectivity index (χ2n) is 29.2. The van der Waals surface area contributed by atoms with E-state index in [-0.39, 0.29) is 16.2 Å². The van der Waals surface area contributed by atoms with Gasteiger partial charge in [-0.25, -0.2) is 0 Å². The molecule has 103 heavy (non-hydrogen) atoms. The van der Waals surface area contributed by atoms with Crippen molar-refractivity contribution in [3.63, 3.8) is 0 Å². The molecule has 0 fully saturated rings. The molecule has 0 N–H and O–H groups in total. The van der Waals surface area contributed by atoms with Crippen LogP contribution in [0.3, 0.4) is 0 Å². The van der Waals surface area contributed by atoms with Crippen LogP contribution in [0.15, 0.2) is 309 Å². The smallest absolute Gasteiger partial charge is 0.166 e. The fraction of sp³-hybridized carbons (Fsp3) is 0.220. The first-order valence-electron chi connectivity index (χ1n) is 36.4. The van der Waals surface area contributed by atoms with E-state index in [1.807, 2.05) is 0 Å². The van der Waals surface area contributed by atoms with E-state index in [1.54, 1.807) is 18.1 Å². The van der Waals surface area contributed by atoms with E-state index in [9.17, 15) is 13.2 Å². The molecule has 13 aromatic rings. The number of hydrogen-bond acceptors (Lipinski definition) is 0. The second-order valence-corrected chi connectivity index (χ2v) is 29.2. The average molecular weight is 1360 g/mol. The molecule has 13 aromatic carbocycles. The minimum Gasteiger partial charge on any atom is -0.166 e. The molecule has 0 spiro atoms. The van der Waals surface area contributed by atoms with Crippen molar-refractivity contribution in [2.45, 2.75) is 145 Å². The molecule has 3 aliphatic rings. The van der Waals surface area contributed by atoms with E-state index in [0.29, 0.717) is 0 Å². The third kappa shape index (κ3) is 17.6. The van der Waals surface area contributed by atoms with Gasteiger partial charge in [0.2, 0.25) is 0 Å². The lowest BCUT2D eigenvalue weighted by atomic mass is 9.67. The lowest BCUT2D eigenvalue weighted by Crippen LogP contribution is -2.28. The van der Waals surface area contributed by atoms with Crippen molar-refractivity contribution >= 4 is 0 Å². The van der Waals surface area contributed by atoms with Crippen LogP contribution in [0.5, 0.6) is 0 Å². The summed E-state index contributed by atoms with van der Waals surface area (Å²) in [5.74, 6) is 0. The highest BCUT2D eigenvalue weighted by molar-refractivity contribution is 5.87. The van der Waals surface area contributed by atoms with Crippen LogP contribution in [0, 0.1) is 76.2 Å². The van der Waals surface area contributed by atoms with Crippen molar-refractivity contribution in [3.05, 3.63) is 437 Å². The van der Waals surface area contributed by atoms with E-state index < -0.39 is 11.7 Å². The normalized spacial score (nSPS) is 12.9. The van der Waals surface area contributed by atoms with Crippen LogP contribution >= 0.6 is 0 Å². The highest BCUT2D eigenvalue weighted by Gasteiger charge is 2.47. The third-order valence-electron chi connectivity index (χ3n) is 20.5. The maximum Gasteiger partial charge on any atom is 0.416 e. The average Bonchev–Trinajstić information content (AvgIpc) is 1.56. The molecule has 0 bridgehead atoms. The summed E-state index contributed by atoms with van der Waals surface area (Å²) in [5.41, 5.74) is 34.4. The molecule has 0 radical (unpaired) electrons. The van der Waals surface area contributed by atoms with Crippen LogP contribution in [-0.4, -0.2) is 0 Å². The monoisotopic (exact) mass is 1360 g/mol. The van der Waals surface area contributed by atoms with E-state index >= 15 is 0 Å². The maximum absolute atomic E-state index is 11.9. The molecule has 0 amide bonds. The molecule has 3 heteroatoms. The Morgan fingerprint density at radius 2 is 0.592 bits per heavy atom. The molecular weight excluding hydrogens is 1260 g/mol. The highest BCUT2D eigenvalue weighted by Crippen LogP contribution is 2.57.